The molecule has 1 aromatic carbocycles. The van der Waals surface area contributed by atoms with Gasteiger partial charge in [-0.2, -0.15) is 5.26 Å². The second kappa shape index (κ2) is 8.19. The Balaban J connectivity index is 2.56. The fraction of sp³-hybridized carbons (Fsp3) is 0.368. The lowest BCUT2D eigenvalue weighted by Gasteiger charge is -2.16. The third-order valence-corrected chi connectivity index (χ3v) is 3.89. The van der Waals surface area contributed by atoms with Crippen molar-refractivity contribution < 1.29 is 4.74 Å². The van der Waals surface area contributed by atoms with Crippen LogP contribution in [0.4, 0.5) is 0 Å². The molecular formula is C19H22N2O2. The van der Waals surface area contributed by atoms with Gasteiger partial charge >= 0.3 is 0 Å². The first kappa shape index (κ1) is 16.8. The van der Waals surface area contributed by atoms with Crippen LogP contribution in [0.5, 0.6) is 5.75 Å². The monoisotopic (exact) mass is 310 g/mol. The lowest BCUT2D eigenvalue weighted by molar-refractivity contribution is 0.416. The van der Waals surface area contributed by atoms with Crippen molar-refractivity contribution in [1.29, 1.82) is 5.26 Å². The van der Waals surface area contributed by atoms with Gasteiger partial charge in [0.25, 0.3) is 5.56 Å². The number of ether oxygens (including phenoxy) is 1. The molecule has 4 heteroatoms. The van der Waals surface area contributed by atoms with Crippen molar-refractivity contribution in [2.24, 2.45) is 0 Å². The van der Waals surface area contributed by atoms with Crippen LogP contribution in [-0.2, 0) is 13.0 Å². The highest BCUT2D eigenvalue weighted by Gasteiger charge is 2.13. The molecule has 1 heterocycles. The summed E-state index contributed by atoms with van der Waals surface area (Å²) in [6.07, 6.45) is 3.24. The number of hydrogen-bond donors (Lipinski definition) is 0. The third kappa shape index (κ3) is 3.81. The zero-order chi connectivity index (χ0) is 16.7. The van der Waals surface area contributed by atoms with Gasteiger partial charge in [0.2, 0.25) is 0 Å². The Bertz CT molecular complexity index is 757. The van der Waals surface area contributed by atoms with E-state index in [4.69, 9.17) is 10.00 Å². The Kier molecular flexibility index (Phi) is 5.99. The quantitative estimate of drug-likeness (QED) is 0.731. The second-order valence-electron chi connectivity index (χ2n) is 5.44. The molecule has 0 radical (unpaired) electrons. The Labute approximate surface area is 137 Å². The van der Waals surface area contributed by atoms with Crippen molar-refractivity contribution in [2.45, 2.75) is 39.2 Å². The van der Waals surface area contributed by atoms with Gasteiger partial charge in [-0.15, -0.1) is 0 Å². The summed E-state index contributed by atoms with van der Waals surface area (Å²) in [6.45, 7) is 2.79. The van der Waals surface area contributed by atoms with Crippen molar-refractivity contribution in [1.82, 2.24) is 4.57 Å². The molecular weight excluding hydrogens is 288 g/mol. The summed E-state index contributed by atoms with van der Waals surface area (Å²) in [7, 11) is 1.63. The van der Waals surface area contributed by atoms with Crippen molar-refractivity contribution >= 4 is 0 Å². The normalized spacial score (nSPS) is 10.3. The molecule has 0 bridgehead atoms. The summed E-state index contributed by atoms with van der Waals surface area (Å²) in [4.78, 5) is 12.7. The van der Waals surface area contributed by atoms with Crippen LogP contribution >= 0.6 is 0 Å². The lowest BCUT2D eigenvalue weighted by atomic mass is 10.1. The van der Waals surface area contributed by atoms with Crippen LogP contribution in [0.2, 0.25) is 0 Å². The molecule has 0 fully saturated rings. The molecule has 0 N–H and O–H groups in total. The van der Waals surface area contributed by atoms with E-state index in [0.717, 1.165) is 36.3 Å². The van der Waals surface area contributed by atoms with E-state index >= 15 is 0 Å². The molecule has 0 saturated heterocycles. The minimum absolute atomic E-state index is 0.0777. The average Bonchev–Trinajstić information content (AvgIpc) is 2.58. The minimum atomic E-state index is -0.0777. The van der Waals surface area contributed by atoms with E-state index < -0.39 is 0 Å². The number of nitrogens with zero attached hydrogens (tertiary/aromatic N) is 2. The van der Waals surface area contributed by atoms with Gasteiger partial charge in [0.15, 0.2) is 0 Å². The van der Waals surface area contributed by atoms with Gasteiger partial charge in [0.05, 0.1) is 25.3 Å². The van der Waals surface area contributed by atoms with Crippen LogP contribution in [0.1, 0.15) is 31.7 Å². The van der Waals surface area contributed by atoms with Crippen LogP contribution in [0.15, 0.2) is 41.2 Å². The number of aromatic nitrogens is 1. The van der Waals surface area contributed by atoms with E-state index in [-0.39, 0.29) is 12.0 Å². The zero-order valence-electron chi connectivity index (χ0n) is 13.7. The molecule has 120 valence electrons. The highest BCUT2D eigenvalue weighted by Crippen LogP contribution is 2.29. The number of unbranched alkanes of at least 4 members (excludes halogenated alkanes) is 2. The molecule has 0 unspecified atom stereocenters. The predicted octanol–water partition coefficient (Wildman–Crippen LogP) is 3.78. The van der Waals surface area contributed by atoms with Gasteiger partial charge in [-0.25, -0.2) is 0 Å². The van der Waals surface area contributed by atoms with Crippen LogP contribution in [0.3, 0.4) is 0 Å². The summed E-state index contributed by atoms with van der Waals surface area (Å²) in [6, 6.07) is 13.4. The number of pyridine rings is 1. The highest BCUT2D eigenvalue weighted by molar-refractivity contribution is 5.67. The lowest BCUT2D eigenvalue weighted by Crippen LogP contribution is -2.25. The first-order valence-corrected chi connectivity index (χ1v) is 7.96. The molecule has 2 rings (SSSR count). The van der Waals surface area contributed by atoms with Crippen LogP contribution < -0.4 is 10.3 Å². The molecule has 4 nitrogen and oxygen atoms in total. The first-order chi connectivity index (χ1) is 11.2. The Morgan fingerprint density at radius 3 is 2.65 bits per heavy atom. The molecule has 0 aliphatic heterocycles. The third-order valence-electron chi connectivity index (χ3n) is 3.89. The summed E-state index contributed by atoms with van der Waals surface area (Å²) < 4.78 is 7.21. The van der Waals surface area contributed by atoms with Crippen molar-refractivity contribution in [2.75, 3.05) is 7.11 Å². The van der Waals surface area contributed by atoms with E-state index in [1.807, 2.05) is 30.3 Å². The Morgan fingerprint density at radius 2 is 1.96 bits per heavy atom. The maximum Gasteiger partial charge on any atom is 0.255 e. The van der Waals surface area contributed by atoms with Crippen molar-refractivity contribution in [3.63, 3.8) is 0 Å². The standard InChI is InChI=1S/C19H22N2O2/c1-3-4-7-14-21-17(11-10-15(12-13-20)19(21)22)16-8-5-6-9-18(16)23-2/h5-6,8-11H,3-4,7,12,14H2,1-2H3. The molecule has 0 amide bonds. The van der Waals surface area contributed by atoms with Crippen LogP contribution in [0.25, 0.3) is 11.3 Å². The Hall–Kier alpha value is -2.54. The van der Waals surface area contributed by atoms with Gasteiger partial charge in [0.1, 0.15) is 5.75 Å². The van der Waals surface area contributed by atoms with Gasteiger partial charge in [-0.3, -0.25) is 4.79 Å². The molecule has 23 heavy (non-hydrogen) atoms. The van der Waals surface area contributed by atoms with Gasteiger partial charge < -0.3 is 9.30 Å². The van der Waals surface area contributed by atoms with Crippen molar-refractivity contribution in [3.8, 4) is 23.1 Å². The van der Waals surface area contributed by atoms with E-state index in [1.165, 1.54) is 0 Å². The highest BCUT2D eigenvalue weighted by atomic mass is 16.5. The molecule has 1 aromatic heterocycles. The fourth-order valence-electron chi connectivity index (χ4n) is 2.68. The zero-order valence-corrected chi connectivity index (χ0v) is 13.7. The molecule has 0 spiro atoms. The number of para-hydroxylation sites is 1. The number of rotatable bonds is 7. The number of methoxy groups -OCH3 is 1. The minimum Gasteiger partial charge on any atom is -0.496 e. The van der Waals surface area contributed by atoms with E-state index in [0.29, 0.717) is 12.1 Å². The molecule has 0 aliphatic carbocycles. The van der Waals surface area contributed by atoms with Gasteiger partial charge in [0, 0.05) is 17.7 Å². The van der Waals surface area contributed by atoms with E-state index in [9.17, 15) is 4.79 Å². The Morgan fingerprint density at radius 1 is 1.17 bits per heavy atom. The van der Waals surface area contributed by atoms with Gasteiger partial charge in [-0.05, 0) is 24.6 Å². The van der Waals surface area contributed by atoms with Crippen molar-refractivity contribution in [3.05, 3.63) is 52.3 Å². The largest absolute Gasteiger partial charge is 0.496 e. The smallest absolute Gasteiger partial charge is 0.255 e. The van der Waals surface area contributed by atoms with Crippen LogP contribution in [0, 0.1) is 11.3 Å². The SMILES string of the molecule is CCCCCn1c(-c2ccccc2OC)ccc(CC#N)c1=O. The number of benzene rings is 1. The number of nitriles is 1. The number of hydrogen-bond acceptors (Lipinski definition) is 3. The summed E-state index contributed by atoms with van der Waals surface area (Å²) in [5.41, 5.74) is 2.20. The van der Waals surface area contributed by atoms with Crippen LogP contribution in [-0.4, -0.2) is 11.7 Å². The summed E-state index contributed by atoms with van der Waals surface area (Å²) in [5, 5.41) is 8.90. The summed E-state index contributed by atoms with van der Waals surface area (Å²) >= 11 is 0. The first-order valence-electron chi connectivity index (χ1n) is 7.96. The second-order valence-corrected chi connectivity index (χ2v) is 5.44. The van der Waals surface area contributed by atoms with E-state index in [1.54, 1.807) is 17.7 Å². The molecule has 2 aromatic rings. The van der Waals surface area contributed by atoms with E-state index in [2.05, 4.69) is 13.0 Å². The fourth-order valence-corrected chi connectivity index (χ4v) is 2.68. The average molecular weight is 310 g/mol. The maximum atomic E-state index is 12.7. The summed E-state index contributed by atoms with van der Waals surface area (Å²) in [5.74, 6) is 0.740. The topological polar surface area (TPSA) is 55.0 Å². The van der Waals surface area contributed by atoms with Gasteiger partial charge in [-0.1, -0.05) is 38.0 Å². The maximum absolute atomic E-state index is 12.7. The molecule has 0 atom stereocenters. The predicted molar refractivity (Wildman–Crippen MR) is 91.5 cm³/mol. The molecule has 0 saturated carbocycles. The molecule has 0 aliphatic rings.